The lowest BCUT2D eigenvalue weighted by atomic mass is 10.2. The molecule has 0 aromatic heterocycles. The van der Waals surface area contributed by atoms with E-state index < -0.39 is 25.9 Å². The summed E-state index contributed by atoms with van der Waals surface area (Å²) in [6.45, 7) is 1.99. The fraction of sp³-hybridized carbons (Fsp3) is 0.889. The highest BCUT2D eigenvalue weighted by molar-refractivity contribution is 7.53. The van der Waals surface area contributed by atoms with E-state index in [9.17, 15) is 22.5 Å². The molecule has 0 spiro atoms. The zero-order valence-electron chi connectivity index (χ0n) is 9.50. The van der Waals surface area contributed by atoms with Crippen molar-refractivity contribution in [3.05, 3.63) is 0 Å². The van der Waals surface area contributed by atoms with E-state index in [1.807, 2.05) is 6.92 Å². The Labute approximate surface area is 97.7 Å². The summed E-state index contributed by atoms with van der Waals surface area (Å²) >= 11 is 0. The summed E-state index contributed by atoms with van der Waals surface area (Å²) in [5.74, 6) is -2.61. The first-order valence-electron chi connectivity index (χ1n) is 5.31. The van der Waals surface area contributed by atoms with Crippen molar-refractivity contribution in [3.63, 3.8) is 0 Å². The first-order valence-corrected chi connectivity index (χ1v) is 7.08. The van der Waals surface area contributed by atoms with E-state index in [1.165, 1.54) is 0 Å². The molecule has 17 heavy (non-hydrogen) atoms. The fourth-order valence-corrected chi connectivity index (χ4v) is 2.22. The van der Waals surface area contributed by atoms with Gasteiger partial charge in [0.1, 0.15) is 0 Å². The zero-order valence-corrected chi connectivity index (χ0v) is 10.4. The molecule has 0 heterocycles. The molecule has 0 saturated heterocycles. The molecule has 102 valence electrons. The first-order chi connectivity index (χ1) is 7.69. The second-order valence-electron chi connectivity index (χ2n) is 3.65. The molecule has 0 fully saturated rings. The Bertz CT molecular complexity index is 290. The maximum absolute atomic E-state index is 11.8. The monoisotopic (exact) mass is 276 g/mol. The SMILES string of the molecule is CCCCCCCP(=O)(O)OC(=O)C(F)(F)F. The van der Waals surface area contributed by atoms with Gasteiger partial charge in [-0.2, -0.15) is 13.2 Å². The summed E-state index contributed by atoms with van der Waals surface area (Å²) in [5.41, 5.74) is 0. The van der Waals surface area contributed by atoms with Crippen molar-refractivity contribution >= 4 is 13.6 Å². The van der Waals surface area contributed by atoms with E-state index in [0.717, 1.165) is 19.3 Å². The lowest BCUT2D eigenvalue weighted by Gasteiger charge is -2.12. The number of alkyl halides is 3. The fourth-order valence-electron chi connectivity index (χ4n) is 1.14. The van der Waals surface area contributed by atoms with Crippen molar-refractivity contribution in [2.24, 2.45) is 0 Å². The van der Waals surface area contributed by atoms with Crippen molar-refractivity contribution in [1.29, 1.82) is 0 Å². The largest absolute Gasteiger partial charge is 0.491 e. The van der Waals surface area contributed by atoms with Crippen molar-refractivity contribution in [2.75, 3.05) is 6.16 Å². The quantitative estimate of drug-likeness (QED) is 0.572. The number of rotatable bonds is 7. The molecule has 0 aliphatic carbocycles. The van der Waals surface area contributed by atoms with Crippen molar-refractivity contribution in [3.8, 4) is 0 Å². The normalized spacial score (nSPS) is 15.4. The van der Waals surface area contributed by atoms with Crippen LogP contribution in [0.5, 0.6) is 0 Å². The van der Waals surface area contributed by atoms with Crippen molar-refractivity contribution < 1.29 is 31.9 Å². The average Bonchev–Trinajstić information content (AvgIpc) is 2.15. The van der Waals surface area contributed by atoms with Gasteiger partial charge in [0.2, 0.25) is 0 Å². The van der Waals surface area contributed by atoms with Crippen LogP contribution in [0.25, 0.3) is 0 Å². The van der Waals surface area contributed by atoms with E-state index >= 15 is 0 Å². The maximum atomic E-state index is 11.8. The molecular weight excluding hydrogens is 260 g/mol. The van der Waals surface area contributed by atoms with Gasteiger partial charge in [0, 0.05) is 0 Å². The van der Waals surface area contributed by atoms with Gasteiger partial charge in [-0.25, -0.2) is 9.36 Å². The van der Waals surface area contributed by atoms with Crippen LogP contribution in [0.15, 0.2) is 0 Å². The highest BCUT2D eigenvalue weighted by Gasteiger charge is 2.44. The molecule has 0 amide bonds. The van der Waals surface area contributed by atoms with Crippen LogP contribution >= 0.6 is 7.60 Å². The molecule has 0 aromatic carbocycles. The van der Waals surface area contributed by atoms with Gasteiger partial charge in [0.15, 0.2) is 0 Å². The lowest BCUT2D eigenvalue weighted by molar-refractivity contribution is -0.190. The third-order valence-corrected chi connectivity index (χ3v) is 3.33. The van der Waals surface area contributed by atoms with E-state index in [0.29, 0.717) is 6.42 Å². The summed E-state index contributed by atoms with van der Waals surface area (Å²) in [6, 6.07) is 0. The van der Waals surface area contributed by atoms with Gasteiger partial charge in [-0.05, 0) is 6.42 Å². The number of carbonyl (C=O) groups is 1. The van der Waals surface area contributed by atoms with E-state index in [1.54, 1.807) is 0 Å². The minimum atomic E-state index is -5.24. The third kappa shape index (κ3) is 8.21. The van der Waals surface area contributed by atoms with Crippen LogP contribution in [-0.4, -0.2) is 23.2 Å². The Balaban J connectivity index is 3.96. The molecule has 0 radical (unpaired) electrons. The van der Waals surface area contributed by atoms with Gasteiger partial charge in [-0.1, -0.05) is 32.6 Å². The van der Waals surface area contributed by atoms with Crippen LogP contribution in [0.1, 0.15) is 39.0 Å². The Kier molecular flexibility index (Phi) is 6.78. The average molecular weight is 276 g/mol. The summed E-state index contributed by atoms with van der Waals surface area (Å²) in [6.07, 6.45) is -2.00. The molecule has 1 unspecified atom stereocenters. The first kappa shape index (κ1) is 16.4. The maximum Gasteiger partial charge on any atom is 0.491 e. The summed E-state index contributed by atoms with van der Waals surface area (Å²) in [5, 5.41) is 0. The molecule has 0 aromatic rings. The Morgan fingerprint density at radius 2 is 1.76 bits per heavy atom. The Morgan fingerprint density at radius 3 is 2.24 bits per heavy atom. The molecule has 0 aliphatic rings. The molecule has 4 nitrogen and oxygen atoms in total. The van der Waals surface area contributed by atoms with Gasteiger partial charge < -0.3 is 9.42 Å². The highest BCUT2D eigenvalue weighted by atomic mass is 31.2. The molecule has 0 bridgehead atoms. The van der Waals surface area contributed by atoms with Crippen molar-refractivity contribution in [2.45, 2.75) is 45.2 Å². The van der Waals surface area contributed by atoms with Crippen molar-refractivity contribution in [1.82, 2.24) is 0 Å². The Hall–Kier alpha value is -0.550. The number of halogens is 3. The van der Waals surface area contributed by atoms with Crippen LogP contribution in [0, 0.1) is 0 Å². The van der Waals surface area contributed by atoms with E-state index in [2.05, 4.69) is 4.52 Å². The zero-order chi connectivity index (χ0) is 13.5. The van der Waals surface area contributed by atoms with Crippen LogP contribution in [-0.2, 0) is 13.9 Å². The molecule has 8 heteroatoms. The summed E-state index contributed by atoms with van der Waals surface area (Å²) in [7, 11) is -4.46. The van der Waals surface area contributed by atoms with Crippen LogP contribution in [0.4, 0.5) is 13.2 Å². The summed E-state index contributed by atoms with van der Waals surface area (Å²) < 4.78 is 50.0. The molecule has 1 N–H and O–H groups in total. The molecular formula is C9H16F3O4P. The van der Waals surface area contributed by atoms with Gasteiger partial charge in [-0.3, -0.25) is 0 Å². The Morgan fingerprint density at radius 1 is 1.24 bits per heavy atom. The van der Waals surface area contributed by atoms with E-state index in [4.69, 9.17) is 4.89 Å². The lowest BCUT2D eigenvalue weighted by Crippen LogP contribution is -2.24. The molecule has 0 saturated carbocycles. The topological polar surface area (TPSA) is 63.6 Å². The minimum absolute atomic E-state index is 0.263. The summed E-state index contributed by atoms with van der Waals surface area (Å²) in [4.78, 5) is 19.4. The number of hydrogen-bond donors (Lipinski definition) is 1. The van der Waals surface area contributed by atoms with Gasteiger partial charge in [-0.15, -0.1) is 0 Å². The molecule has 0 rings (SSSR count). The van der Waals surface area contributed by atoms with Crippen LogP contribution in [0.2, 0.25) is 0 Å². The standard InChI is InChI=1S/C9H16F3O4P/c1-2-3-4-5-6-7-17(14,15)16-8(13)9(10,11)12/h2-7H2,1H3,(H,14,15). The highest BCUT2D eigenvalue weighted by Crippen LogP contribution is 2.44. The minimum Gasteiger partial charge on any atom is -0.385 e. The third-order valence-electron chi connectivity index (χ3n) is 2.00. The van der Waals surface area contributed by atoms with Crippen LogP contribution < -0.4 is 0 Å². The van der Waals surface area contributed by atoms with Crippen LogP contribution in [0.3, 0.4) is 0 Å². The van der Waals surface area contributed by atoms with Gasteiger partial charge in [0.25, 0.3) is 0 Å². The van der Waals surface area contributed by atoms with Gasteiger partial charge >= 0.3 is 19.7 Å². The molecule has 1 atom stereocenters. The predicted octanol–water partition coefficient (Wildman–Crippen LogP) is 3.25. The van der Waals surface area contributed by atoms with E-state index in [-0.39, 0.29) is 6.42 Å². The van der Waals surface area contributed by atoms with Gasteiger partial charge in [0.05, 0.1) is 6.16 Å². The molecule has 0 aliphatic heterocycles. The smallest absolute Gasteiger partial charge is 0.385 e. The number of hydrogen-bond acceptors (Lipinski definition) is 3. The second-order valence-corrected chi connectivity index (χ2v) is 5.56. The number of unbranched alkanes of at least 4 members (excludes halogenated alkanes) is 4. The second kappa shape index (κ2) is 7.01. The predicted molar refractivity (Wildman–Crippen MR) is 55.6 cm³/mol. The number of carbonyl (C=O) groups excluding carboxylic acids is 1.